The van der Waals surface area contributed by atoms with Gasteiger partial charge in [0.1, 0.15) is 0 Å². The van der Waals surface area contributed by atoms with E-state index in [1.165, 1.54) is 12.8 Å². The van der Waals surface area contributed by atoms with Crippen LogP contribution < -0.4 is 11.1 Å². The SMILES string of the molecule is CC1(C)C2CCC1(C)C(NC(=O)CN)C2.Cl. The summed E-state index contributed by atoms with van der Waals surface area (Å²) in [4.78, 5) is 11.4. The fourth-order valence-corrected chi connectivity index (χ4v) is 3.68. The quantitative estimate of drug-likeness (QED) is 0.779. The number of hydrogen-bond acceptors (Lipinski definition) is 2. The van der Waals surface area contributed by atoms with Crippen LogP contribution in [0.25, 0.3) is 0 Å². The van der Waals surface area contributed by atoms with Gasteiger partial charge in [0, 0.05) is 6.04 Å². The molecule has 0 aliphatic heterocycles. The molecule has 4 heteroatoms. The smallest absolute Gasteiger partial charge is 0.233 e. The summed E-state index contributed by atoms with van der Waals surface area (Å²) >= 11 is 0. The van der Waals surface area contributed by atoms with Crippen molar-refractivity contribution >= 4 is 18.3 Å². The molecule has 0 aromatic rings. The molecule has 2 aliphatic carbocycles. The van der Waals surface area contributed by atoms with Crippen LogP contribution in [-0.2, 0) is 4.79 Å². The van der Waals surface area contributed by atoms with Crippen LogP contribution in [0.3, 0.4) is 0 Å². The summed E-state index contributed by atoms with van der Waals surface area (Å²) in [6.45, 7) is 7.12. The maximum atomic E-state index is 11.4. The van der Waals surface area contributed by atoms with E-state index < -0.39 is 0 Å². The molecule has 0 heterocycles. The van der Waals surface area contributed by atoms with Crippen molar-refractivity contribution in [1.82, 2.24) is 5.32 Å². The number of carbonyl (C=O) groups excluding carboxylic acids is 1. The minimum Gasteiger partial charge on any atom is -0.352 e. The fourth-order valence-electron chi connectivity index (χ4n) is 3.68. The van der Waals surface area contributed by atoms with E-state index in [0.29, 0.717) is 11.5 Å². The molecule has 2 bridgehead atoms. The molecule has 2 rings (SSSR count). The maximum Gasteiger partial charge on any atom is 0.233 e. The van der Waals surface area contributed by atoms with Gasteiger partial charge in [-0.3, -0.25) is 4.79 Å². The Morgan fingerprint density at radius 2 is 2.06 bits per heavy atom. The number of carbonyl (C=O) groups is 1. The first-order chi connectivity index (χ1) is 6.91. The van der Waals surface area contributed by atoms with Crippen LogP contribution in [0.5, 0.6) is 0 Å². The van der Waals surface area contributed by atoms with Crippen LogP contribution in [0.1, 0.15) is 40.0 Å². The lowest BCUT2D eigenvalue weighted by Crippen LogP contribution is -2.48. The van der Waals surface area contributed by atoms with E-state index in [0.717, 1.165) is 12.3 Å². The molecule has 3 unspecified atom stereocenters. The van der Waals surface area contributed by atoms with Gasteiger partial charge in [-0.2, -0.15) is 0 Å². The number of nitrogens with one attached hydrogen (secondary N) is 1. The summed E-state index contributed by atoms with van der Waals surface area (Å²) in [5.74, 6) is 0.759. The predicted molar refractivity (Wildman–Crippen MR) is 67.5 cm³/mol. The normalized spacial score (nSPS) is 39.2. The Balaban J connectivity index is 0.00000128. The van der Waals surface area contributed by atoms with Crippen LogP contribution in [0.15, 0.2) is 0 Å². The molecule has 3 nitrogen and oxygen atoms in total. The molecule has 0 saturated heterocycles. The van der Waals surface area contributed by atoms with Crippen molar-refractivity contribution < 1.29 is 4.79 Å². The average molecular weight is 247 g/mol. The van der Waals surface area contributed by atoms with E-state index in [9.17, 15) is 4.79 Å². The molecule has 2 fully saturated rings. The molecule has 3 atom stereocenters. The third kappa shape index (κ3) is 1.65. The predicted octanol–water partition coefficient (Wildman–Crippen LogP) is 1.70. The zero-order valence-electron chi connectivity index (χ0n) is 10.4. The number of halogens is 1. The number of fused-ring (bicyclic) bond motifs is 2. The summed E-state index contributed by atoms with van der Waals surface area (Å²) in [5.41, 5.74) is 5.97. The lowest BCUT2D eigenvalue weighted by molar-refractivity contribution is -0.121. The van der Waals surface area contributed by atoms with Gasteiger partial charge in [0.2, 0.25) is 5.91 Å². The van der Waals surface area contributed by atoms with Crippen molar-refractivity contribution in [3.05, 3.63) is 0 Å². The summed E-state index contributed by atoms with van der Waals surface area (Å²) < 4.78 is 0. The van der Waals surface area contributed by atoms with Gasteiger partial charge in [-0.1, -0.05) is 20.8 Å². The van der Waals surface area contributed by atoms with Gasteiger partial charge in [-0.15, -0.1) is 12.4 Å². The lowest BCUT2D eigenvalue weighted by atomic mass is 9.69. The molecule has 94 valence electrons. The summed E-state index contributed by atoms with van der Waals surface area (Å²) in [6.07, 6.45) is 3.69. The van der Waals surface area contributed by atoms with Crippen LogP contribution in [0.4, 0.5) is 0 Å². The van der Waals surface area contributed by atoms with E-state index in [-0.39, 0.29) is 30.3 Å². The standard InChI is InChI=1S/C12H22N2O.ClH/c1-11(2)8-4-5-12(11,3)9(6-8)14-10(15)7-13;/h8-9H,4-7,13H2,1-3H3,(H,14,15);1H. The van der Waals surface area contributed by atoms with Gasteiger partial charge in [0.15, 0.2) is 0 Å². The van der Waals surface area contributed by atoms with Crippen LogP contribution >= 0.6 is 12.4 Å². The Morgan fingerprint density at radius 3 is 2.44 bits per heavy atom. The van der Waals surface area contributed by atoms with Crippen molar-refractivity contribution in [3.8, 4) is 0 Å². The van der Waals surface area contributed by atoms with Gasteiger partial charge in [0.05, 0.1) is 6.54 Å². The Bertz CT molecular complexity index is 293. The highest BCUT2D eigenvalue weighted by molar-refractivity contribution is 5.85. The Hall–Kier alpha value is -0.280. The third-order valence-corrected chi connectivity index (χ3v) is 5.31. The Kier molecular flexibility index (Phi) is 3.61. The molecule has 0 aromatic heterocycles. The zero-order valence-corrected chi connectivity index (χ0v) is 11.2. The van der Waals surface area contributed by atoms with Crippen molar-refractivity contribution in [2.45, 2.75) is 46.1 Å². The highest BCUT2D eigenvalue weighted by Gasteiger charge is 2.61. The summed E-state index contributed by atoms with van der Waals surface area (Å²) in [7, 11) is 0. The maximum absolute atomic E-state index is 11.4. The van der Waals surface area contributed by atoms with E-state index in [1.807, 2.05) is 0 Å². The molecular weight excluding hydrogens is 224 g/mol. The summed E-state index contributed by atoms with van der Waals surface area (Å²) in [6, 6.07) is 0.335. The van der Waals surface area contributed by atoms with Gasteiger partial charge < -0.3 is 11.1 Å². The first-order valence-electron chi connectivity index (χ1n) is 5.91. The number of nitrogens with two attached hydrogens (primary N) is 1. The first kappa shape index (κ1) is 13.8. The molecule has 2 saturated carbocycles. The van der Waals surface area contributed by atoms with Crippen molar-refractivity contribution in [3.63, 3.8) is 0 Å². The van der Waals surface area contributed by atoms with Gasteiger partial charge >= 0.3 is 0 Å². The van der Waals surface area contributed by atoms with E-state index in [4.69, 9.17) is 5.73 Å². The first-order valence-corrected chi connectivity index (χ1v) is 5.91. The van der Waals surface area contributed by atoms with E-state index in [1.54, 1.807) is 0 Å². The fraction of sp³-hybridized carbons (Fsp3) is 0.917. The number of rotatable bonds is 2. The zero-order chi connectivity index (χ0) is 11.3. The topological polar surface area (TPSA) is 55.1 Å². The second kappa shape index (κ2) is 4.19. The molecule has 0 spiro atoms. The molecular formula is C12H23ClN2O. The van der Waals surface area contributed by atoms with Crippen molar-refractivity contribution in [1.29, 1.82) is 0 Å². The molecule has 3 N–H and O–H groups in total. The third-order valence-electron chi connectivity index (χ3n) is 5.31. The van der Waals surface area contributed by atoms with E-state index >= 15 is 0 Å². The Morgan fingerprint density at radius 1 is 1.44 bits per heavy atom. The minimum absolute atomic E-state index is 0. The number of amides is 1. The van der Waals surface area contributed by atoms with E-state index in [2.05, 4.69) is 26.1 Å². The van der Waals surface area contributed by atoms with Gasteiger partial charge in [-0.25, -0.2) is 0 Å². The lowest BCUT2D eigenvalue weighted by Gasteiger charge is -2.39. The van der Waals surface area contributed by atoms with Crippen molar-refractivity contribution in [2.24, 2.45) is 22.5 Å². The molecule has 0 radical (unpaired) electrons. The molecule has 1 amide bonds. The van der Waals surface area contributed by atoms with Crippen LogP contribution in [0.2, 0.25) is 0 Å². The largest absolute Gasteiger partial charge is 0.352 e. The Labute approximate surface area is 104 Å². The second-order valence-corrected chi connectivity index (χ2v) is 5.93. The highest BCUT2D eigenvalue weighted by atomic mass is 35.5. The summed E-state index contributed by atoms with van der Waals surface area (Å²) in [5, 5.41) is 3.09. The molecule has 0 aromatic carbocycles. The highest BCUT2D eigenvalue weighted by Crippen LogP contribution is 2.65. The molecule has 16 heavy (non-hydrogen) atoms. The van der Waals surface area contributed by atoms with Gasteiger partial charge in [0.25, 0.3) is 0 Å². The second-order valence-electron chi connectivity index (χ2n) is 5.93. The minimum atomic E-state index is -0.00965. The average Bonchev–Trinajstić information content (AvgIpc) is 2.50. The monoisotopic (exact) mass is 246 g/mol. The van der Waals surface area contributed by atoms with Crippen LogP contribution in [0, 0.1) is 16.7 Å². The van der Waals surface area contributed by atoms with Gasteiger partial charge in [-0.05, 0) is 36.0 Å². The van der Waals surface area contributed by atoms with Crippen LogP contribution in [-0.4, -0.2) is 18.5 Å². The molecule has 2 aliphatic rings. The van der Waals surface area contributed by atoms with Crippen molar-refractivity contribution in [2.75, 3.05) is 6.54 Å². The number of hydrogen-bond donors (Lipinski definition) is 2.